The average molecular weight is 261 g/mol. The minimum atomic E-state index is 0.0888. The minimum Gasteiger partial charge on any atom is -0.329 e. The molecule has 18 heavy (non-hydrogen) atoms. The molecule has 1 amide bonds. The first-order valence-electron chi connectivity index (χ1n) is 6.10. The second-order valence-electron chi connectivity index (χ2n) is 4.51. The maximum Gasteiger partial charge on any atom is 0.272 e. The molecule has 2 aromatic heterocycles. The van der Waals surface area contributed by atoms with Gasteiger partial charge in [0.05, 0.1) is 6.04 Å². The van der Waals surface area contributed by atoms with Gasteiger partial charge in [-0.2, -0.15) is 5.10 Å². The van der Waals surface area contributed by atoms with Gasteiger partial charge in [0, 0.05) is 24.7 Å². The summed E-state index contributed by atoms with van der Waals surface area (Å²) in [6.45, 7) is 0.840. The van der Waals surface area contributed by atoms with Gasteiger partial charge in [0.2, 0.25) is 0 Å². The first-order valence-corrected chi connectivity index (χ1v) is 6.97. The molecule has 0 spiro atoms. The molecule has 0 aromatic carbocycles. The third-order valence-corrected chi connectivity index (χ3v) is 4.40. The molecule has 2 aromatic rings. The zero-order chi connectivity index (χ0) is 12.5. The quantitative estimate of drug-likeness (QED) is 0.833. The van der Waals surface area contributed by atoms with Gasteiger partial charge in [0.15, 0.2) is 0 Å². The van der Waals surface area contributed by atoms with Crippen LogP contribution in [-0.2, 0) is 7.05 Å². The number of carbonyl (C=O) groups excluding carboxylic acids is 1. The molecule has 1 saturated heterocycles. The highest BCUT2D eigenvalue weighted by Crippen LogP contribution is 2.35. The molecule has 5 heteroatoms. The normalized spacial score (nSPS) is 19.4. The molecule has 1 fully saturated rings. The molecule has 1 aliphatic rings. The van der Waals surface area contributed by atoms with Crippen molar-refractivity contribution >= 4 is 17.2 Å². The van der Waals surface area contributed by atoms with Crippen LogP contribution in [-0.4, -0.2) is 27.1 Å². The van der Waals surface area contributed by atoms with Crippen molar-refractivity contribution < 1.29 is 4.79 Å². The van der Waals surface area contributed by atoms with Gasteiger partial charge in [-0.3, -0.25) is 9.48 Å². The van der Waals surface area contributed by atoms with Gasteiger partial charge in [-0.25, -0.2) is 0 Å². The van der Waals surface area contributed by atoms with E-state index in [0.717, 1.165) is 19.4 Å². The van der Waals surface area contributed by atoms with Crippen molar-refractivity contribution in [3.8, 4) is 0 Å². The van der Waals surface area contributed by atoms with Crippen LogP contribution in [0, 0.1) is 0 Å². The van der Waals surface area contributed by atoms with Crippen molar-refractivity contribution in [1.82, 2.24) is 14.7 Å². The molecule has 0 N–H and O–H groups in total. The molecule has 0 radical (unpaired) electrons. The summed E-state index contributed by atoms with van der Waals surface area (Å²) in [5.41, 5.74) is 0.665. The number of hydrogen-bond donors (Lipinski definition) is 0. The van der Waals surface area contributed by atoms with Crippen LogP contribution in [0.4, 0.5) is 0 Å². The highest BCUT2D eigenvalue weighted by atomic mass is 32.1. The Morgan fingerprint density at radius 1 is 1.50 bits per heavy atom. The second-order valence-corrected chi connectivity index (χ2v) is 5.49. The summed E-state index contributed by atoms with van der Waals surface area (Å²) in [5.74, 6) is 0.0888. The lowest BCUT2D eigenvalue weighted by atomic mass is 10.2. The van der Waals surface area contributed by atoms with Crippen LogP contribution in [0.2, 0.25) is 0 Å². The molecule has 4 nitrogen and oxygen atoms in total. The van der Waals surface area contributed by atoms with Crippen LogP contribution in [0.3, 0.4) is 0 Å². The Kier molecular flexibility index (Phi) is 2.91. The lowest BCUT2D eigenvalue weighted by Crippen LogP contribution is -2.31. The predicted octanol–water partition coefficient (Wildman–Crippen LogP) is 2.46. The zero-order valence-corrected chi connectivity index (χ0v) is 11.1. The van der Waals surface area contributed by atoms with Crippen molar-refractivity contribution in [3.63, 3.8) is 0 Å². The highest BCUT2D eigenvalue weighted by molar-refractivity contribution is 7.10. The summed E-state index contributed by atoms with van der Waals surface area (Å²) in [7, 11) is 1.81. The topological polar surface area (TPSA) is 38.1 Å². The molecule has 3 heterocycles. The van der Waals surface area contributed by atoms with Crippen molar-refractivity contribution in [2.24, 2.45) is 7.05 Å². The molecular weight excluding hydrogens is 246 g/mol. The fraction of sp³-hybridized carbons (Fsp3) is 0.385. The molecule has 0 aliphatic carbocycles. The molecular formula is C13H15N3OS. The monoisotopic (exact) mass is 261 g/mol. The lowest BCUT2D eigenvalue weighted by molar-refractivity contribution is 0.0726. The molecule has 3 rings (SSSR count). The van der Waals surface area contributed by atoms with E-state index < -0.39 is 0 Å². The molecule has 1 atom stereocenters. The highest BCUT2D eigenvalue weighted by Gasteiger charge is 2.32. The molecule has 94 valence electrons. The molecule has 0 unspecified atom stereocenters. The standard InChI is InChI=1S/C13H15N3OS/c1-15-11(6-7-14-15)13(17)16-8-2-4-10(16)12-5-3-9-18-12/h3,5-7,9-10H,2,4,8H2,1H3/t10-/m1/s1. The van der Waals surface area contributed by atoms with Crippen LogP contribution in [0.15, 0.2) is 29.8 Å². The minimum absolute atomic E-state index is 0.0888. The van der Waals surface area contributed by atoms with E-state index in [4.69, 9.17) is 0 Å². The number of likely N-dealkylation sites (tertiary alicyclic amines) is 1. The molecule has 0 bridgehead atoms. The van der Waals surface area contributed by atoms with Crippen LogP contribution in [0.1, 0.15) is 34.2 Å². The van der Waals surface area contributed by atoms with E-state index in [9.17, 15) is 4.79 Å². The van der Waals surface area contributed by atoms with Gasteiger partial charge in [-0.1, -0.05) is 6.07 Å². The summed E-state index contributed by atoms with van der Waals surface area (Å²) in [6, 6.07) is 6.19. The van der Waals surface area contributed by atoms with Crippen molar-refractivity contribution in [1.29, 1.82) is 0 Å². The van der Waals surface area contributed by atoms with Gasteiger partial charge in [0.1, 0.15) is 5.69 Å². The number of amides is 1. The SMILES string of the molecule is Cn1nccc1C(=O)N1CCC[C@@H]1c1cccs1. The van der Waals surface area contributed by atoms with E-state index in [-0.39, 0.29) is 11.9 Å². The summed E-state index contributed by atoms with van der Waals surface area (Å²) >= 11 is 1.73. The Morgan fingerprint density at radius 3 is 3.06 bits per heavy atom. The Labute approximate surface area is 110 Å². The number of hydrogen-bond acceptors (Lipinski definition) is 3. The first-order chi connectivity index (χ1) is 8.77. The summed E-state index contributed by atoms with van der Waals surface area (Å²) in [4.78, 5) is 15.8. The summed E-state index contributed by atoms with van der Waals surface area (Å²) in [5, 5.41) is 6.14. The van der Waals surface area contributed by atoms with Gasteiger partial charge in [-0.05, 0) is 30.4 Å². The number of carbonyl (C=O) groups is 1. The second kappa shape index (κ2) is 4.57. The van der Waals surface area contributed by atoms with Crippen molar-refractivity contribution in [2.45, 2.75) is 18.9 Å². The van der Waals surface area contributed by atoms with Crippen molar-refractivity contribution in [2.75, 3.05) is 6.54 Å². The fourth-order valence-electron chi connectivity index (χ4n) is 2.52. The van der Waals surface area contributed by atoms with E-state index in [1.54, 1.807) is 28.3 Å². The fourth-order valence-corrected chi connectivity index (χ4v) is 3.39. The van der Waals surface area contributed by atoms with E-state index in [2.05, 4.69) is 16.5 Å². The van der Waals surface area contributed by atoms with E-state index in [1.807, 2.05) is 18.0 Å². The van der Waals surface area contributed by atoms with Gasteiger partial charge >= 0.3 is 0 Å². The first kappa shape index (κ1) is 11.5. The number of aromatic nitrogens is 2. The molecule has 1 aliphatic heterocycles. The zero-order valence-electron chi connectivity index (χ0n) is 10.2. The maximum absolute atomic E-state index is 12.5. The van der Waals surface area contributed by atoms with Crippen LogP contribution in [0.25, 0.3) is 0 Å². The summed E-state index contributed by atoms with van der Waals surface area (Å²) in [6.07, 6.45) is 3.81. The number of nitrogens with zero attached hydrogens (tertiary/aromatic N) is 3. The third kappa shape index (κ3) is 1.84. The Hall–Kier alpha value is -1.62. The smallest absolute Gasteiger partial charge is 0.272 e. The Morgan fingerprint density at radius 2 is 2.39 bits per heavy atom. The Bertz CT molecular complexity index is 546. The largest absolute Gasteiger partial charge is 0.329 e. The predicted molar refractivity (Wildman–Crippen MR) is 70.5 cm³/mol. The maximum atomic E-state index is 12.5. The van der Waals surface area contributed by atoms with Gasteiger partial charge < -0.3 is 4.90 Å². The van der Waals surface area contributed by atoms with E-state index in [0.29, 0.717) is 5.69 Å². The summed E-state index contributed by atoms with van der Waals surface area (Å²) < 4.78 is 1.64. The number of thiophene rings is 1. The van der Waals surface area contributed by atoms with Crippen LogP contribution in [0.5, 0.6) is 0 Å². The Balaban J connectivity index is 1.88. The molecule has 0 saturated carbocycles. The van der Waals surface area contributed by atoms with Crippen LogP contribution >= 0.6 is 11.3 Å². The lowest BCUT2D eigenvalue weighted by Gasteiger charge is -2.23. The van der Waals surface area contributed by atoms with E-state index in [1.165, 1.54) is 4.88 Å². The van der Waals surface area contributed by atoms with Crippen molar-refractivity contribution in [3.05, 3.63) is 40.3 Å². The van der Waals surface area contributed by atoms with E-state index >= 15 is 0 Å². The number of rotatable bonds is 2. The average Bonchev–Trinajstić information content (AvgIpc) is 3.09. The number of aryl methyl sites for hydroxylation is 1. The van der Waals surface area contributed by atoms with Crippen LogP contribution < -0.4 is 0 Å². The van der Waals surface area contributed by atoms with Gasteiger partial charge in [0.25, 0.3) is 5.91 Å². The third-order valence-electron chi connectivity index (χ3n) is 3.43. The van der Waals surface area contributed by atoms with Gasteiger partial charge in [-0.15, -0.1) is 11.3 Å².